The van der Waals surface area contributed by atoms with Crippen LogP contribution in [-0.4, -0.2) is 38.8 Å². The summed E-state index contributed by atoms with van der Waals surface area (Å²) in [5, 5.41) is 2.88. The molecule has 1 atom stereocenters. The monoisotopic (exact) mass is 416 g/mol. The van der Waals surface area contributed by atoms with Crippen molar-refractivity contribution in [2.75, 3.05) is 20.2 Å². The van der Waals surface area contributed by atoms with E-state index in [9.17, 15) is 13.2 Å². The molecule has 0 heterocycles. The molecular weight excluding hydrogens is 388 g/mol. The van der Waals surface area contributed by atoms with Crippen molar-refractivity contribution < 1.29 is 17.9 Å². The first kappa shape index (κ1) is 22.6. The molecule has 156 valence electrons. The summed E-state index contributed by atoms with van der Waals surface area (Å²) in [6.07, 6.45) is 3.18. The topological polar surface area (TPSA) is 75.7 Å². The first-order valence-electron chi connectivity index (χ1n) is 9.54. The van der Waals surface area contributed by atoms with Gasteiger partial charge < -0.3 is 10.1 Å². The molecule has 0 radical (unpaired) electrons. The van der Waals surface area contributed by atoms with Crippen LogP contribution < -0.4 is 10.1 Å². The number of hydrogen-bond acceptors (Lipinski definition) is 4. The molecule has 0 fully saturated rings. The van der Waals surface area contributed by atoms with Crippen LogP contribution in [0.4, 0.5) is 0 Å². The molecule has 0 aliphatic carbocycles. The van der Waals surface area contributed by atoms with Gasteiger partial charge in [-0.2, -0.15) is 4.31 Å². The van der Waals surface area contributed by atoms with Gasteiger partial charge >= 0.3 is 0 Å². The molecule has 1 amide bonds. The van der Waals surface area contributed by atoms with Gasteiger partial charge in [0.25, 0.3) is 0 Å². The van der Waals surface area contributed by atoms with E-state index in [-0.39, 0.29) is 16.8 Å². The molecule has 2 rings (SSSR count). The lowest BCUT2D eigenvalue weighted by Gasteiger charge is -2.19. The van der Waals surface area contributed by atoms with Crippen LogP contribution in [0.2, 0.25) is 0 Å². The molecular formula is C22H28N2O4S. The number of carbonyl (C=O) groups excluding carboxylic acids is 1. The van der Waals surface area contributed by atoms with Crippen molar-refractivity contribution in [2.24, 2.45) is 0 Å². The van der Waals surface area contributed by atoms with Crippen LogP contribution in [-0.2, 0) is 14.8 Å². The number of carbonyl (C=O) groups is 1. The van der Waals surface area contributed by atoms with E-state index >= 15 is 0 Å². The molecule has 0 aliphatic heterocycles. The largest absolute Gasteiger partial charge is 0.497 e. The average Bonchev–Trinajstić information content (AvgIpc) is 2.73. The van der Waals surface area contributed by atoms with Crippen LogP contribution in [0.15, 0.2) is 59.5 Å². The Bertz CT molecular complexity index is 949. The molecule has 29 heavy (non-hydrogen) atoms. The molecule has 0 bridgehead atoms. The van der Waals surface area contributed by atoms with Crippen molar-refractivity contribution >= 4 is 22.0 Å². The Kier molecular flexibility index (Phi) is 7.99. The minimum Gasteiger partial charge on any atom is -0.497 e. The molecule has 0 aromatic heterocycles. The van der Waals surface area contributed by atoms with E-state index in [0.717, 1.165) is 16.9 Å². The zero-order chi connectivity index (χ0) is 21.4. The highest BCUT2D eigenvalue weighted by molar-refractivity contribution is 7.89. The summed E-state index contributed by atoms with van der Waals surface area (Å²) in [7, 11) is -1.89. The number of benzene rings is 2. The van der Waals surface area contributed by atoms with Crippen LogP contribution in [0, 0.1) is 0 Å². The zero-order valence-electron chi connectivity index (χ0n) is 17.3. The first-order chi connectivity index (χ1) is 13.8. The van der Waals surface area contributed by atoms with Crippen LogP contribution in [0.5, 0.6) is 5.75 Å². The Morgan fingerprint density at radius 2 is 1.79 bits per heavy atom. The summed E-state index contributed by atoms with van der Waals surface area (Å²) >= 11 is 0. The van der Waals surface area contributed by atoms with Crippen molar-refractivity contribution in [1.82, 2.24) is 9.62 Å². The maximum absolute atomic E-state index is 12.6. The summed E-state index contributed by atoms with van der Waals surface area (Å²) in [4.78, 5) is 12.5. The van der Waals surface area contributed by atoms with E-state index in [4.69, 9.17) is 4.74 Å². The second-order valence-corrected chi connectivity index (χ2v) is 8.44. The van der Waals surface area contributed by atoms with Crippen molar-refractivity contribution in [3.8, 4) is 5.75 Å². The fourth-order valence-corrected chi connectivity index (χ4v) is 4.36. The van der Waals surface area contributed by atoms with Gasteiger partial charge in [0.1, 0.15) is 5.75 Å². The summed E-state index contributed by atoms with van der Waals surface area (Å²) in [5.74, 6) is 0.487. The number of rotatable bonds is 9. The van der Waals surface area contributed by atoms with Crippen molar-refractivity contribution in [3.63, 3.8) is 0 Å². The molecule has 1 N–H and O–H groups in total. The van der Waals surface area contributed by atoms with Gasteiger partial charge in [-0.1, -0.05) is 38.1 Å². The highest BCUT2D eigenvalue weighted by Gasteiger charge is 2.21. The van der Waals surface area contributed by atoms with Gasteiger partial charge in [-0.25, -0.2) is 8.42 Å². The van der Waals surface area contributed by atoms with Crippen LogP contribution in [0.25, 0.3) is 6.08 Å². The molecule has 2 aromatic carbocycles. The minimum absolute atomic E-state index is 0.236. The highest BCUT2D eigenvalue weighted by atomic mass is 32.2. The lowest BCUT2D eigenvalue weighted by Crippen LogP contribution is -2.30. The van der Waals surface area contributed by atoms with Gasteiger partial charge in [0.15, 0.2) is 0 Å². The van der Waals surface area contributed by atoms with E-state index in [1.807, 2.05) is 45.0 Å². The normalized spacial score (nSPS) is 12.9. The standard InChI is InChI=1S/C22H28N2O4S/c1-5-24(6-2)29(26,27)21-13-11-19(12-14-21)17(3)23-22(25)15-10-18-8-7-9-20(16-18)28-4/h7-17H,5-6H2,1-4H3,(H,23,25)/b15-10+. The Balaban J connectivity index is 2.04. The van der Waals surface area contributed by atoms with Gasteiger partial charge in [0.2, 0.25) is 15.9 Å². The van der Waals surface area contributed by atoms with Gasteiger partial charge in [-0.05, 0) is 48.4 Å². The average molecular weight is 417 g/mol. The second kappa shape index (κ2) is 10.2. The quantitative estimate of drug-likeness (QED) is 0.634. The summed E-state index contributed by atoms with van der Waals surface area (Å²) in [5.41, 5.74) is 1.68. The summed E-state index contributed by atoms with van der Waals surface area (Å²) < 4.78 is 31.7. The molecule has 0 saturated carbocycles. The number of sulfonamides is 1. The van der Waals surface area contributed by atoms with Crippen molar-refractivity contribution in [2.45, 2.75) is 31.7 Å². The van der Waals surface area contributed by atoms with Crippen molar-refractivity contribution in [3.05, 3.63) is 65.7 Å². The second-order valence-electron chi connectivity index (χ2n) is 6.50. The summed E-state index contributed by atoms with van der Waals surface area (Å²) in [6, 6.07) is 13.8. The fraction of sp³-hybridized carbons (Fsp3) is 0.318. The van der Waals surface area contributed by atoms with Crippen LogP contribution in [0.1, 0.15) is 37.9 Å². The number of methoxy groups -OCH3 is 1. The van der Waals surface area contributed by atoms with Gasteiger partial charge in [0, 0.05) is 19.2 Å². The fourth-order valence-electron chi connectivity index (χ4n) is 2.90. The van der Waals surface area contributed by atoms with E-state index < -0.39 is 10.0 Å². The molecule has 6 nitrogen and oxygen atoms in total. The zero-order valence-corrected chi connectivity index (χ0v) is 18.1. The van der Waals surface area contributed by atoms with Gasteiger partial charge in [-0.15, -0.1) is 0 Å². The number of nitrogens with zero attached hydrogens (tertiary/aromatic N) is 1. The maximum Gasteiger partial charge on any atom is 0.244 e. The van der Waals surface area contributed by atoms with E-state index in [1.165, 1.54) is 10.4 Å². The van der Waals surface area contributed by atoms with Crippen LogP contribution >= 0.6 is 0 Å². The Hall–Kier alpha value is -2.64. The first-order valence-corrected chi connectivity index (χ1v) is 11.0. The lowest BCUT2D eigenvalue weighted by molar-refractivity contribution is -0.117. The Labute approximate surface area is 173 Å². The smallest absolute Gasteiger partial charge is 0.244 e. The van der Waals surface area contributed by atoms with E-state index in [0.29, 0.717) is 13.1 Å². The number of amides is 1. The van der Waals surface area contributed by atoms with Gasteiger partial charge in [0.05, 0.1) is 18.0 Å². The van der Waals surface area contributed by atoms with Crippen LogP contribution in [0.3, 0.4) is 0 Å². The molecule has 0 saturated heterocycles. The predicted molar refractivity (Wildman–Crippen MR) is 115 cm³/mol. The molecule has 1 unspecified atom stereocenters. The number of nitrogens with one attached hydrogen (secondary N) is 1. The minimum atomic E-state index is -3.49. The van der Waals surface area contributed by atoms with E-state index in [1.54, 1.807) is 37.5 Å². The van der Waals surface area contributed by atoms with Crippen molar-refractivity contribution in [1.29, 1.82) is 0 Å². The third kappa shape index (κ3) is 5.92. The molecule has 7 heteroatoms. The predicted octanol–water partition coefficient (Wildman–Crippen LogP) is 3.62. The third-order valence-corrected chi connectivity index (χ3v) is 6.67. The Morgan fingerprint density at radius 3 is 2.38 bits per heavy atom. The summed E-state index contributed by atoms with van der Waals surface area (Å²) in [6.45, 7) is 6.32. The molecule has 0 aliphatic rings. The third-order valence-electron chi connectivity index (χ3n) is 4.60. The maximum atomic E-state index is 12.6. The molecule has 0 spiro atoms. The van der Waals surface area contributed by atoms with E-state index in [2.05, 4.69) is 5.32 Å². The lowest BCUT2D eigenvalue weighted by atomic mass is 10.1. The number of hydrogen-bond donors (Lipinski definition) is 1. The SMILES string of the molecule is CCN(CC)S(=O)(=O)c1ccc(C(C)NC(=O)/C=C/c2cccc(OC)c2)cc1. The molecule has 2 aromatic rings. The van der Waals surface area contributed by atoms with Gasteiger partial charge in [-0.3, -0.25) is 4.79 Å². The Morgan fingerprint density at radius 1 is 1.14 bits per heavy atom. The highest BCUT2D eigenvalue weighted by Crippen LogP contribution is 2.19. The number of ether oxygens (including phenoxy) is 1.